The van der Waals surface area contributed by atoms with Crippen LogP contribution in [0.5, 0.6) is 0 Å². The number of carbonyl (C=O) groups excluding carboxylic acids is 2. The van der Waals surface area contributed by atoms with Crippen molar-refractivity contribution in [1.82, 2.24) is 15.2 Å². The van der Waals surface area contributed by atoms with Crippen LogP contribution < -0.4 is 10.6 Å². The largest absolute Gasteiger partial charge is 0.480 e. The molecule has 0 aliphatic heterocycles. The van der Waals surface area contributed by atoms with Gasteiger partial charge in [0.1, 0.15) is 17.8 Å². The summed E-state index contributed by atoms with van der Waals surface area (Å²) in [5.41, 5.74) is 2.46. The minimum Gasteiger partial charge on any atom is -0.480 e. The van der Waals surface area contributed by atoms with Gasteiger partial charge in [0, 0.05) is 18.0 Å². The molecule has 0 radical (unpaired) electrons. The smallest absolute Gasteiger partial charge is 0.326 e. The average Bonchev–Trinajstić information content (AvgIpc) is 2.92. The first-order valence-electron chi connectivity index (χ1n) is 9.43. The van der Waals surface area contributed by atoms with Gasteiger partial charge < -0.3 is 20.3 Å². The molecule has 0 saturated heterocycles. The minimum atomic E-state index is -1.10. The van der Waals surface area contributed by atoms with E-state index in [-0.39, 0.29) is 17.7 Å². The predicted octanol–water partition coefficient (Wildman–Crippen LogP) is 2.47. The second-order valence-electron chi connectivity index (χ2n) is 7.91. The highest BCUT2D eigenvalue weighted by Gasteiger charge is 2.30. The van der Waals surface area contributed by atoms with Gasteiger partial charge in [0.05, 0.1) is 0 Å². The zero-order valence-electron chi connectivity index (χ0n) is 17.2. The fourth-order valence-electron chi connectivity index (χ4n) is 3.19. The molecule has 3 N–H and O–H groups in total. The molecular weight excluding hydrogens is 358 g/mol. The van der Waals surface area contributed by atoms with Gasteiger partial charge >= 0.3 is 5.97 Å². The molecule has 1 aromatic heterocycles. The third-order valence-electron chi connectivity index (χ3n) is 4.90. The lowest BCUT2D eigenvalue weighted by atomic mass is 10.00. The predicted molar refractivity (Wildman–Crippen MR) is 108 cm³/mol. The van der Waals surface area contributed by atoms with Crippen molar-refractivity contribution in [3.05, 3.63) is 35.5 Å². The number of carbonyl (C=O) groups is 3. The normalized spacial score (nSPS) is 13.6. The van der Waals surface area contributed by atoms with Crippen molar-refractivity contribution in [2.45, 2.75) is 46.7 Å². The lowest BCUT2D eigenvalue weighted by Crippen LogP contribution is -2.55. The molecule has 28 heavy (non-hydrogen) atoms. The van der Waals surface area contributed by atoms with Gasteiger partial charge in [-0.05, 0) is 37.0 Å². The molecule has 7 nitrogen and oxygen atoms in total. The fraction of sp³-hybridized carbons (Fsp3) is 0.476. The number of aromatic nitrogens is 1. The van der Waals surface area contributed by atoms with Crippen molar-refractivity contribution in [2.75, 3.05) is 0 Å². The Hall–Kier alpha value is -2.83. The maximum absolute atomic E-state index is 12.9. The van der Waals surface area contributed by atoms with E-state index in [0.29, 0.717) is 5.69 Å². The Labute approximate surface area is 165 Å². The van der Waals surface area contributed by atoms with Crippen LogP contribution in [0.2, 0.25) is 0 Å². The highest BCUT2D eigenvalue weighted by atomic mass is 16.4. The number of benzene rings is 1. The van der Waals surface area contributed by atoms with Crippen LogP contribution in [0.25, 0.3) is 10.9 Å². The highest BCUT2D eigenvalue weighted by molar-refractivity contribution is 6.01. The van der Waals surface area contributed by atoms with Gasteiger partial charge in [0.15, 0.2) is 0 Å². The molecule has 2 aromatic rings. The quantitative estimate of drug-likeness (QED) is 0.679. The van der Waals surface area contributed by atoms with Crippen molar-refractivity contribution >= 4 is 28.7 Å². The molecule has 0 fully saturated rings. The summed E-state index contributed by atoms with van der Waals surface area (Å²) in [6.45, 7) is 9.04. The molecule has 7 heteroatoms. The number of nitrogens with one attached hydrogen (secondary N) is 2. The SMILES string of the molecule is Cc1ccc2c(c1)cc(C(=O)NC(C(=O)NC(C(=O)O)C(C)C)C(C)C)n2C. The summed E-state index contributed by atoms with van der Waals surface area (Å²) in [6, 6.07) is 5.87. The van der Waals surface area contributed by atoms with Crippen molar-refractivity contribution in [1.29, 1.82) is 0 Å². The van der Waals surface area contributed by atoms with Crippen molar-refractivity contribution in [2.24, 2.45) is 18.9 Å². The lowest BCUT2D eigenvalue weighted by molar-refractivity contribution is -0.143. The zero-order valence-corrected chi connectivity index (χ0v) is 17.2. The highest BCUT2D eigenvalue weighted by Crippen LogP contribution is 2.20. The van der Waals surface area contributed by atoms with E-state index in [4.69, 9.17) is 0 Å². The molecule has 152 valence electrons. The monoisotopic (exact) mass is 387 g/mol. The number of hydrogen-bond donors (Lipinski definition) is 3. The Kier molecular flexibility index (Phi) is 6.48. The number of aryl methyl sites for hydroxylation is 2. The van der Waals surface area contributed by atoms with E-state index in [0.717, 1.165) is 16.5 Å². The Balaban J connectivity index is 2.24. The molecule has 0 bridgehead atoms. The fourth-order valence-corrected chi connectivity index (χ4v) is 3.19. The minimum absolute atomic E-state index is 0.206. The summed E-state index contributed by atoms with van der Waals surface area (Å²) in [7, 11) is 1.80. The molecule has 0 aliphatic rings. The molecule has 2 unspecified atom stereocenters. The van der Waals surface area contributed by atoms with E-state index in [9.17, 15) is 19.5 Å². The summed E-state index contributed by atoms with van der Waals surface area (Å²) in [5.74, 6) is -2.45. The molecular formula is C21H29N3O4. The number of nitrogens with zero attached hydrogens (tertiary/aromatic N) is 1. The molecule has 1 heterocycles. The lowest BCUT2D eigenvalue weighted by Gasteiger charge is -2.25. The van der Waals surface area contributed by atoms with Gasteiger partial charge in [-0.3, -0.25) is 9.59 Å². The van der Waals surface area contributed by atoms with Crippen LogP contribution in [0.15, 0.2) is 24.3 Å². The van der Waals surface area contributed by atoms with Crippen molar-refractivity contribution in [3.8, 4) is 0 Å². The van der Waals surface area contributed by atoms with Gasteiger partial charge in [0.25, 0.3) is 5.91 Å². The molecule has 2 atom stereocenters. The number of hydrogen-bond acceptors (Lipinski definition) is 3. The van der Waals surface area contributed by atoms with E-state index in [2.05, 4.69) is 10.6 Å². The van der Waals surface area contributed by atoms with E-state index >= 15 is 0 Å². The summed E-state index contributed by atoms with van der Waals surface area (Å²) < 4.78 is 1.79. The second kappa shape index (κ2) is 8.46. The first-order chi connectivity index (χ1) is 13.0. The third kappa shape index (κ3) is 4.52. The van der Waals surface area contributed by atoms with Crippen LogP contribution in [-0.2, 0) is 16.6 Å². The standard InChI is InChI=1S/C21H29N3O4/c1-11(2)17(20(26)23-18(12(3)4)21(27)28)22-19(25)16-10-14-9-13(5)7-8-15(14)24(16)6/h7-12,17-18H,1-6H3,(H,22,25)(H,23,26)(H,27,28). The summed E-state index contributed by atoms with van der Waals surface area (Å²) in [6.07, 6.45) is 0. The van der Waals surface area contributed by atoms with Gasteiger partial charge in [-0.15, -0.1) is 0 Å². The van der Waals surface area contributed by atoms with Crippen LogP contribution in [0.1, 0.15) is 43.7 Å². The van der Waals surface area contributed by atoms with Crippen LogP contribution in [0, 0.1) is 18.8 Å². The first kappa shape index (κ1) is 21.5. The maximum atomic E-state index is 12.9. The Morgan fingerprint density at radius 1 is 0.964 bits per heavy atom. The average molecular weight is 387 g/mol. The summed E-state index contributed by atoms with van der Waals surface area (Å²) >= 11 is 0. The Morgan fingerprint density at radius 3 is 2.11 bits per heavy atom. The Bertz CT molecular complexity index is 898. The molecule has 0 spiro atoms. The number of amides is 2. The van der Waals surface area contributed by atoms with Crippen LogP contribution in [0.4, 0.5) is 0 Å². The Morgan fingerprint density at radius 2 is 1.57 bits per heavy atom. The second-order valence-corrected chi connectivity index (χ2v) is 7.91. The number of carboxylic acid groups (broad SMARTS) is 1. The van der Waals surface area contributed by atoms with Crippen molar-refractivity contribution in [3.63, 3.8) is 0 Å². The van der Waals surface area contributed by atoms with Crippen LogP contribution in [0.3, 0.4) is 0 Å². The topological polar surface area (TPSA) is 100 Å². The molecule has 0 saturated carbocycles. The van der Waals surface area contributed by atoms with Crippen LogP contribution >= 0.6 is 0 Å². The van der Waals surface area contributed by atoms with E-state index < -0.39 is 24.0 Å². The maximum Gasteiger partial charge on any atom is 0.326 e. The number of aliphatic carboxylic acids is 1. The molecule has 2 rings (SSSR count). The molecule has 0 aliphatic carbocycles. The first-order valence-corrected chi connectivity index (χ1v) is 9.43. The molecule has 1 aromatic carbocycles. The number of carboxylic acids is 1. The third-order valence-corrected chi connectivity index (χ3v) is 4.90. The van der Waals surface area contributed by atoms with E-state index in [1.54, 1.807) is 45.4 Å². The van der Waals surface area contributed by atoms with Crippen molar-refractivity contribution < 1.29 is 19.5 Å². The van der Waals surface area contributed by atoms with Gasteiger partial charge in [-0.1, -0.05) is 39.3 Å². The summed E-state index contributed by atoms with van der Waals surface area (Å²) in [4.78, 5) is 36.9. The van der Waals surface area contributed by atoms with Gasteiger partial charge in [-0.2, -0.15) is 0 Å². The van der Waals surface area contributed by atoms with Crippen LogP contribution in [-0.4, -0.2) is 39.5 Å². The van der Waals surface area contributed by atoms with Gasteiger partial charge in [-0.25, -0.2) is 4.79 Å². The summed E-state index contributed by atoms with van der Waals surface area (Å²) in [5, 5.41) is 15.6. The van der Waals surface area contributed by atoms with Gasteiger partial charge in [0.2, 0.25) is 5.91 Å². The number of fused-ring (bicyclic) bond motifs is 1. The van der Waals surface area contributed by atoms with E-state index in [1.165, 1.54) is 0 Å². The van der Waals surface area contributed by atoms with E-state index in [1.807, 2.05) is 25.1 Å². The number of rotatable bonds is 7. The molecule has 2 amide bonds. The zero-order chi connectivity index (χ0) is 21.2.